The van der Waals surface area contributed by atoms with E-state index in [0.29, 0.717) is 11.7 Å². The number of nitrogens with two attached hydrogens (primary N) is 1. The first-order chi connectivity index (χ1) is 17.1. The van der Waals surface area contributed by atoms with Crippen LogP contribution in [0.5, 0.6) is 0 Å². The summed E-state index contributed by atoms with van der Waals surface area (Å²) < 4.78 is 1.92. The van der Waals surface area contributed by atoms with E-state index < -0.39 is 0 Å². The zero-order valence-electron chi connectivity index (χ0n) is 20.1. The van der Waals surface area contributed by atoms with Gasteiger partial charge >= 0.3 is 0 Å². The van der Waals surface area contributed by atoms with Gasteiger partial charge < -0.3 is 10.6 Å². The van der Waals surface area contributed by atoms with Crippen LogP contribution in [-0.2, 0) is 0 Å². The predicted molar refractivity (Wildman–Crippen MR) is 140 cm³/mol. The Morgan fingerprint density at radius 3 is 2.51 bits per heavy atom. The number of piperidine rings is 1. The fraction of sp³-hybridized carbons (Fsp3) is 0.286. The van der Waals surface area contributed by atoms with Crippen molar-refractivity contribution >= 4 is 22.2 Å². The maximum Gasteiger partial charge on any atom is 0.153 e. The number of nitrogens with zero attached hydrogens (tertiary/aromatic N) is 6. The number of imidazole rings is 1. The molecule has 7 heteroatoms. The Balaban J connectivity index is 1.50. The van der Waals surface area contributed by atoms with Crippen molar-refractivity contribution in [2.75, 3.05) is 25.4 Å². The molecule has 7 nitrogen and oxygen atoms in total. The van der Waals surface area contributed by atoms with Gasteiger partial charge in [0.2, 0.25) is 0 Å². The summed E-state index contributed by atoms with van der Waals surface area (Å²) in [4.78, 5) is 17.0. The minimum Gasteiger partial charge on any atom is -0.382 e. The van der Waals surface area contributed by atoms with Crippen molar-refractivity contribution in [1.29, 1.82) is 0 Å². The maximum absolute atomic E-state index is 6.41. The molecule has 1 aliphatic rings. The van der Waals surface area contributed by atoms with Crippen molar-refractivity contribution < 1.29 is 0 Å². The van der Waals surface area contributed by atoms with Gasteiger partial charge in [-0.1, -0.05) is 55.5 Å². The third-order valence-corrected chi connectivity index (χ3v) is 7.33. The van der Waals surface area contributed by atoms with Gasteiger partial charge in [-0.05, 0) is 51.0 Å². The van der Waals surface area contributed by atoms with E-state index in [2.05, 4.69) is 65.2 Å². The highest BCUT2D eigenvalue weighted by Crippen LogP contribution is 2.37. The van der Waals surface area contributed by atoms with E-state index >= 15 is 0 Å². The predicted octanol–water partition coefficient (Wildman–Crippen LogP) is 5.10. The van der Waals surface area contributed by atoms with E-state index in [-0.39, 0.29) is 0 Å². The quantitative estimate of drug-likeness (QED) is 0.399. The molecule has 0 aliphatic carbocycles. The van der Waals surface area contributed by atoms with Crippen molar-refractivity contribution in [3.8, 4) is 22.5 Å². The number of aryl methyl sites for hydroxylation is 1. The van der Waals surface area contributed by atoms with Gasteiger partial charge in [0.1, 0.15) is 23.4 Å². The highest BCUT2D eigenvalue weighted by atomic mass is 15.3. The Labute approximate surface area is 204 Å². The van der Waals surface area contributed by atoms with E-state index in [1.807, 2.05) is 22.7 Å². The third-order valence-electron chi connectivity index (χ3n) is 7.33. The van der Waals surface area contributed by atoms with Crippen molar-refractivity contribution in [3.63, 3.8) is 0 Å². The monoisotopic (exact) mass is 463 g/mol. The second-order valence-electron chi connectivity index (χ2n) is 9.31. The number of hydrogen-bond acceptors (Lipinski definition) is 6. The maximum atomic E-state index is 6.41. The topological polar surface area (TPSA) is 85.2 Å². The molecule has 1 fully saturated rings. The molecule has 1 aliphatic heterocycles. The molecule has 0 atom stereocenters. The number of rotatable bonds is 4. The summed E-state index contributed by atoms with van der Waals surface area (Å²) in [6.45, 7) is 7.57. The normalized spacial score (nSPS) is 15.3. The van der Waals surface area contributed by atoms with Gasteiger partial charge in [0.05, 0.1) is 11.2 Å². The Morgan fingerprint density at radius 2 is 1.74 bits per heavy atom. The zero-order chi connectivity index (χ0) is 23.9. The smallest absolute Gasteiger partial charge is 0.153 e. The molecule has 0 radical (unpaired) electrons. The van der Waals surface area contributed by atoms with Gasteiger partial charge in [-0.2, -0.15) is 5.10 Å². The van der Waals surface area contributed by atoms with Crippen LogP contribution >= 0.6 is 0 Å². The van der Waals surface area contributed by atoms with E-state index in [0.717, 1.165) is 82.8 Å². The van der Waals surface area contributed by atoms with Crippen molar-refractivity contribution in [2.24, 2.45) is 0 Å². The summed E-state index contributed by atoms with van der Waals surface area (Å²) in [6.07, 6.45) is 3.66. The molecular formula is C28H29N7. The molecule has 4 heterocycles. The molecule has 0 unspecified atom stereocenters. The lowest BCUT2D eigenvalue weighted by molar-refractivity contribution is 0.218. The molecular weight excluding hydrogens is 434 g/mol. The van der Waals surface area contributed by atoms with Crippen LogP contribution in [0.3, 0.4) is 0 Å². The molecule has 2 aromatic carbocycles. The summed E-state index contributed by atoms with van der Waals surface area (Å²) in [7, 11) is 0. The van der Waals surface area contributed by atoms with Crippen LogP contribution in [0.4, 0.5) is 5.82 Å². The Kier molecular flexibility index (Phi) is 5.41. The summed E-state index contributed by atoms with van der Waals surface area (Å²) in [5, 5.41) is 5.68. The van der Waals surface area contributed by atoms with Gasteiger partial charge in [0, 0.05) is 22.4 Å². The van der Waals surface area contributed by atoms with Gasteiger partial charge in [-0.25, -0.2) is 19.5 Å². The Morgan fingerprint density at radius 1 is 0.971 bits per heavy atom. The molecule has 0 bridgehead atoms. The minimum atomic E-state index is 0.344. The first kappa shape index (κ1) is 21.7. The van der Waals surface area contributed by atoms with Gasteiger partial charge in [0.25, 0.3) is 0 Å². The molecule has 176 valence electrons. The van der Waals surface area contributed by atoms with Crippen molar-refractivity contribution in [1.82, 2.24) is 29.5 Å². The number of benzene rings is 2. The van der Waals surface area contributed by atoms with Gasteiger partial charge in [-0.15, -0.1) is 0 Å². The standard InChI is InChI=1S/C28H29N7/c1-3-34-15-13-21(14-16-34)28-33-25(26-27(29)30-17-31-35(26)28)22-11-9-20-10-12-23(32-24(20)18(22)2)19-7-5-4-6-8-19/h4-12,17,21H,3,13-16H2,1-2H3,(H2,29,30,31). The second kappa shape index (κ2) is 8.74. The number of aromatic nitrogens is 5. The number of pyridine rings is 1. The number of anilines is 1. The van der Waals surface area contributed by atoms with E-state index in [1.165, 1.54) is 6.33 Å². The molecule has 1 saturated heterocycles. The van der Waals surface area contributed by atoms with Crippen LogP contribution in [0.15, 0.2) is 60.9 Å². The molecule has 0 spiro atoms. The molecule has 2 N–H and O–H groups in total. The Bertz CT molecular complexity index is 1520. The summed E-state index contributed by atoms with van der Waals surface area (Å²) in [5.74, 6) is 1.77. The summed E-state index contributed by atoms with van der Waals surface area (Å²) in [5.41, 5.74) is 13.2. The number of nitrogen functional groups attached to an aromatic ring is 1. The molecule has 5 aromatic rings. The van der Waals surface area contributed by atoms with Crippen LogP contribution in [0.2, 0.25) is 0 Å². The van der Waals surface area contributed by atoms with E-state index in [4.69, 9.17) is 15.7 Å². The lowest BCUT2D eigenvalue weighted by Crippen LogP contribution is -2.33. The third kappa shape index (κ3) is 3.72. The van der Waals surface area contributed by atoms with Gasteiger partial charge in [0.15, 0.2) is 5.82 Å². The van der Waals surface area contributed by atoms with Crippen molar-refractivity contribution in [3.05, 3.63) is 72.3 Å². The fourth-order valence-electron chi connectivity index (χ4n) is 5.29. The number of hydrogen-bond donors (Lipinski definition) is 1. The van der Waals surface area contributed by atoms with Crippen LogP contribution < -0.4 is 5.73 Å². The first-order valence-corrected chi connectivity index (χ1v) is 12.3. The van der Waals surface area contributed by atoms with Crippen molar-refractivity contribution in [2.45, 2.75) is 32.6 Å². The number of fused-ring (bicyclic) bond motifs is 2. The van der Waals surface area contributed by atoms with Crippen LogP contribution in [0.1, 0.15) is 37.1 Å². The fourth-order valence-corrected chi connectivity index (χ4v) is 5.29. The Hall–Kier alpha value is -3.84. The lowest BCUT2D eigenvalue weighted by Gasteiger charge is -2.30. The SMILES string of the molecule is CCN1CCC(c2nc(-c3ccc4ccc(-c5ccccc5)nc4c3C)c3c(N)ncnn23)CC1. The van der Waals surface area contributed by atoms with Crippen LogP contribution in [0.25, 0.3) is 38.9 Å². The summed E-state index contributed by atoms with van der Waals surface area (Å²) in [6, 6.07) is 18.7. The zero-order valence-corrected chi connectivity index (χ0v) is 20.1. The first-order valence-electron chi connectivity index (χ1n) is 12.3. The lowest BCUT2D eigenvalue weighted by atomic mass is 9.96. The molecule has 35 heavy (non-hydrogen) atoms. The van der Waals surface area contributed by atoms with Crippen LogP contribution in [-0.4, -0.2) is 49.1 Å². The minimum absolute atomic E-state index is 0.344. The van der Waals surface area contributed by atoms with Gasteiger partial charge in [-0.3, -0.25) is 0 Å². The highest BCUT2D eigenvalue weighted by Gasteiger charge is 2.27. The molecule has 6 rings (SSSR count). The largest absolute Gasteiger partial charge is 0.382 e. The van der Waals surface area contributed by atoms with Crippen LogP contribution in [0, 0.1) is 6.92 Å². The highest BCUT2D eigenvalue weighted by molar-refractivity contribution is 5.94. The summed E-state index contributed by atoms with van der Waals surface area (Å²) >= 11 is 0. The molecule has 0 saturated carbocycles. The molecule has 0 amide bonds. The van der Waals surface area contributed by atoms with E-state index in [9.17, 15) is 0 Å². The molecule has 3 aromatic heterocycles. The average Bonchev–Trinajstić information content (AvgIpc) is 3.30. The number of likely N-dealkylation sites (tertiary alicyclic amines) is 1. The second-order valence-corrected chi connectivity index (χ2v) is 9.31. The van der Waals surface area contributed by atoms with E-state index in [1.54, 1.807) is 0 Å². The average molecular weight is 464 g/mol.